The summed E-state index contributed by atoms with van der Waals surface area (Å²) in [6.07, 6.45) is -5.48. The zero-order valence-corrected chi connectivity index (χ0v) is 10.6. The van der Waals surface area contributed by atoms with Crippen molar-refractivity contribution in [2.45, 2.75) is 19.1 Å². The van der Waals surface area contributed by atoms with Crippen molar-refractivity contribution in [1.82, 2.24) is 5.32 Å². The molecule has 7 heteroatoms. The van der Waals surface area contributed by atoms with Crippen LogP contribution < -0.4 is 10.2 Å². The zero-order valence-electron chi connectivity index (χ0n) is 10.6. The van der Waals surface area contributed by atoms with Crippen LogP contribution in [0.5, 0.6) is 0 Å². The molecule has 1 N–H and O–H groups in total. The van der Waals surface area contributed by atoms with Crippen LogP contribution in [0.4, 0.5) is 27.6 Å². The molecule has 0 unspecified atom stereocenters. The topological polar surface area (TPSA) is 15.3 Å². The van der Waals surface area contributed by atoms with E-state index in [1.54, 1.807) is 7.05 Å². The third-order valence-corrected chi connectivity index (χ3v) is 2.57. The number of rotatable bonds is 5. The molecule has 0 aliphatic carbocycles. The van der Waals surface area contributed by atoms with Crippen LogP contribution in [0.1, 0.15) is 12.0 Å². The second-order valence-corrected chi connectivity index (χ2v) is 4.23. The van der Waals surface area contributed by atoms with Crippen LogP contribution in [0, 0.1) is 11.6 Å². The average Bonchev–Trinajstić information content (AvgIpc) is 2.25. The first-order valence-electron chi connectivity index (χ1n) is 5.65. The first kappa shape index (κ1) is 15.7. The molecule has 0 heterocycles. The minimum Gasteiger partial charge on any atom is -0.370 e. The molecule has 0 spiro atoms. The maximum atomic E-state index is 13.7. The minimum absolute atomic E-state index is 0.278. The number of alkyl halides is 3. The second kappa shape index (κ2) is 6.18. The van der Waals surface area contributed by atoms with Gasteiger partial charge in [-0.25, -0.2) is 8.78 Å². The molecule has 2 nitrogen and oxygen atoms in total. The van der Waals surface area contributed by atoms with Crippen molar-refractivity contribution in [1.29, 1.82) is 0 Å². The van der Waals surface area contributed by atoms with E-state index in [9.17, 15) is 22.0 Å². The lowest BCUT2D eigenvalue weighted by molar-refractivity contribution is -0.132. The predicted molar refractivity (Wildman–Crippen MR) is 63.1 cm³/mol. The van der Waals surface area contributed by atoms with Gasteiger partial charge in [0.1, 0.15) is 17.3 Å². The molecule has 0 aromatic heterocycles. The molecule has 1 aromatic rings. The predicted octanol–water partition coefficient (Wildman–Crippen LogP) is 3.07. The van der Waals surface area contributed by atoms with E-state index in [1.807, 2.05) is 0 Å². The third kappa shape index (κ3) is 4.66. The Morgan fingerprint density at radius 1 is 1.16 bits per heavy atom. The van der Waals surface area contributed by atoms with Gasteiger partial charge in [0.15, 0.2) is 0 Å². The van der Waals surface area contributed by atoms with E-state index < -0.39 is 36.5 Å². The van der Waals surface area contributed by atoms with Gasteiger partial charge in [-0.15, -0.1) is 0 Å². The van der Waals surface area contributed by atoms with Gasteiger partial charge in [0, 0.05) is 20.1 Å². The Kier molecular flexibility index (Phi) is 5.11. The first-order chi connectivity index (χ1) is 8.74. The van der Waals surface area contributed by atoms with Crippen LogP contribution in [0.3, 0.4) is 0 Å². The first-order valence-corrected chi connectivity index (χ1v) is 5.65. The summed E-state index contributed by atoms with van der Waals surface area (Å²) in [4.78, 5) is 0.932. The highest BCUT2D eigenvalue weighted by molar-refractivity contribution is 5.50. The standard InChI is InChI=1S/C12H15F5N2/c1-18-7-8-5-9(13)11(10(14)6-8)19(2)4-3-12(15,16)17/h5-6,18H,3-4,7H2,1-2H3. The van der Waals surface area contributed by atoms with E-state index in [2.05, 4.69) is 5.32 Å². The Hall–Kier alpha value is -1.37. The number of hydrogen-bond acceptors (Lipinski definition) is 2. The normalized spacial score (nSPS) is 11.7. The molecule has 1 aromatic carbocycles. The maximum Gasteiger partial charge on any atom is 0.390 e. The van der Waals surface area contributed by atoms with Gasteiger partial charge in [0.2, 0.25) is 0 Å². The molecule has 0 bridgehead atoms. The van der Waals surface area contributed by atoms with Gasteiger partial charge in [-0.1, -0.05) is 0 Å². The van der Waals surface area contributed by atoms with Gasteiger partial charge in [0.25, 0.3) is 0 Å². The fourth-order valence-corrected chi connectivity index (χ4v) is 1.70. The number of halogens is 5. The van der Waals surface area contributed by atoms with Gasteiger partial charge in [0.05, 0.1) is 6.42 Å². The number of nitrogens with zero attached hydrogens (tertiary/aromatic N) is 1. The van der Waals surface area contributed by atoms with Crippen LogP contribution >= 0.6 is 0 Å². The van der Waals surface area contributed by atoms with E-state index in [-0.39, 0.29) is 6.54 Å². The quantitative estimate of drug-likeness (QED) is 0.835. The summed E-state index contributed by atoms with van der Waals surface area (Å²) >= 11 is 0. The van der Waals surface area contributed by atoms with E-state index in [0.29, 0.717) is 5.56 Å². The van der Waals surface area contributed by atoms with Gasteiger partial charge >= 0.3 is 6.18 Å². The van der Waals surface area contributed by atoms with Gasteiger partial charge in [-0.2, -0.15) is 13.2 Å². The van der Waals surface area contributed by atoms with E-state index in [4.69, 9.17) is 0 Å². The van der Waals surface area contributed by atoms with E-state index >= 15 is 0 Å². The monoisotopic (exact) mass is 282 g/mol. The summed E-state index contributed by atoms with van der Waals surface area (Å²) in [6.45, 7) is -0.219. The van der Waals surface area contributed by atoms with Crippen molar-refractivity contribution in [2.75, 3.05) is 25.5 Å². The third-order valence-electron chi connectivity index (χ3n) is 2.57. The Labute approximate surface area is 108 Å². The van der Waals surface area contributed by atoms with Crippen molar-refractivity contribution < 1.29 is 22.0 Å². The van der Waals surface area contributed by atoms with Crippen molar-refractivity contribution in [2.24, 2.45) is 0 Å². The lowest BCUT2D eigenvalue weighted by Crippen LogP contribution is -2.26. The number of anilines is 1. The summed E-state index contributed by atoms with van der Waals surface area (Å²) in [5.41, 5.74) is -0.0467. The largest absolute Gasteiger partial charge is 0.390 e. The van der Waals surface area contributed by atoms with Gasteiger partial charge in [-0.05, 0) is 24.7 Å². The second-order valence-electron chi connectivity index (χ2n) is 4.23. The highest BCUT2D eigenvalue weighted by atomic mass is 19.4. The molecule has 0 atom stereocenters. The zero-order chi connectivity index (χ0) is 14.6. The molecule has 0 aliphatic heterocycles. The summed E-state index contributed by atoms with van der Waals surface area (Å²) < 4.78 is 63.7. The van der Waals surface area contributed by atoms with Crippen LogP contribution in [0.25, 0.3) is 0 Å². The molecule has 1 rings (SSSR count). The molecule has 108 valence electrons. The molecule has 0 saturated heterocycles. The van der Waals surface area contributed by atoms with Crippen molar-refractivity contribution >= 4 is 5.69 Å². The summed E-state index contributed by atoms with van der Waals surface area (Å²) in [7, 11) is 2.85. The summed E-state index contributed by atoms with van der Waals surface area (Å²) in [6, 6.07) is 2.22. The summed E-state index contributed by atoms with van der Waals surface area (Å²) in [5.74, 6) is -1.73. The molecule has 0 amide bonds. The number of nitrogens with one attached hydrogen (secondary N) is 1. The number of benzene rings is 1. The van der Waals surface area contributed by atoms with Crippen molar-refractivity contribution in [3.63, 3.8) is 0 Å². The Morgan fingerprint density at radius 3 is 2.11 bits per heavy atom. The molecule has 0 radical (unpaired) electrons. The molecular weight excluding hydrogens is 267 g/mol. The fourth-order valence-electron chi connectivity index (χ4n) is 1.70. The minimum atomic E-state index is -4.35. The fraction of sp³-hybridized carbons (Fsp3) is 0.500. The highest BCUT2D eigenvalue weighted by Gasteiger charge is 2.28. The lowest BCUT2D eigenvalue weighted by Gasteiger charge is -2.21. The Bertz CT molecular complexity index is 408. The smallest absolute Gasteiger partial charge is 0.370 e. The molecule has 19 heavy (non-hydrogen) atoms. The Morgan fingerprint density at radius 2 is 1.68 bits per heavy atom. The van der Waals surface area contributed by atoms with E-state index in [0.717, 1.165) is 17.0 Å². The molecule has 0 aliphatic rings. The Balaban J connectivity index is 2.88. The van der Waals surface area contributed by atoms with Crippen molar-refractivity contribution in [3.8, 4) is 0 Å². The van der Waals surface area contributed by atoms with Crippen LogP contribution in [-0.4, -0.2) is 26.8 Å². The van der Waals surface area contributed by atoms with Crippen LogP contribution in [-0.2, 0) is 6.54 Å². The summed E-state index contributed by atoms with van der Waals surface area (Å²) in [5, 5.41) is 2.74. The van der Waals surface area contributed by atoms with E-state index in [1.165, 1.54) is 7.05 Å². The van der Waals surface area contributed by atoms with Crippen molar-refractivity contribution in [3.05, 3.63) is 29.3 Å². The molecular formula is C12H15F5N2. The molecule has 0 saturated carbocycles. The maximum absolute atomic E-state index is 13.7. The molecule has 0 fully saturated rings. The van der Waals surface area contributed by atoms with Gasteiger partial charge < -0.3 is 10.2 Å². The van der Waals surface area contributed by atoms with Gasteiger partial charge in [-0.3, -0.25) is 0 Å². The average molecular weight is 282 g/mol. The SMILES string of the molecule is CNCc1cc(F)c(N(C)CCC(F)(F)F)c(F)c1. The number of hydrogen-bond donors (Lipinski definition) is 1. The van der Waals surface area contributed by atoms with Crippen LogP contribution in [0.15, 0.2) is 12.1 Å². The van der Waals surface area contributed by atoms with Crippen LogP contribution in [0.2, 0.25) is 0 Å². The highest BCUT2D eigenvalue weighted by Crippen LogP contribution is 2.26. The lowest BCUT2D eigenvalue weighted by atomic mass is 10.1.